The van der Waals surface area contributed by atoms with Crippen LogP contribution < -0.4 is 0 Å². The molecule has 0 amide bonds. The Balaban J connectivity index is 2.45. The van der Waals surface area contributed by atoms with Crippen molar-refractivity contribution < 1.29 is 0 Å². The molecule has 86 valence electrons. The van der Waals surface area contributed by atoms with Gasteiger partial charge < -0.3 is 0 Å². The van der Waals surface area contributed by atoms with Gasteiger partial charge in [-0.15, -0.1) is 5.92 Å². The molecule has 1 rings (SSSR count). The Morgan fingerprint density at radius 2 is 2.00 bits per heavy atom. The van der Waals surface area contributed by atoms with Gasteiger partial charge >= 0.3 is 0 Å². The Labute approximate surface area is 113 Å². The molecule has 0 aliphatic rings. The fourth-order valence-electron chi connectivity index (χ4n) is 1.52. The van der Waals surface area contributed by atoms with Crippen LogP contribution in [0.15, 0.2) is 30.3 Å². The van der Waals surface area contributed by atoms with E-state index in [1.54, 1.807) is 0 Å². The number of rotatable bonds is 5. The molecule has 16 heavy (non-hydrogen) atoms. The second-order valence-electron chi connectivity index (χ2n) is 3.97. The summed E-state index contributed by atoms with van der Waals surface area (Å²) < 4.78 is 1.12. The minimum atomic E-state index is 0.514. The molecule has 1 unspecified atom stereocenters. The van der Waals surface area contributed by atoms with Crippen molar-refractivity contribution in [1.82, 2.24) is 0 Å². The smallest absolute Gasteiger partial charge is 0.0332 e. The van der Waals surface area contributed by atoms with Crippen LogP contribution in [-0.2, 0) is 6.42 Å². The second-order valence-corrected chi connectivity index (χ2v) is 4.85. The highest BCUT2D eigenvalue weighted by molar-refractivity contribution is 14.1. The predicted molar refractivity (Wildman–Crippen MR) is 79.8 cm³/mol. The lowest BCUT2D eigenvalue weighted by Gasteiger charge is -2.06. The van der Waals surface area contributed by atoms with Gasteiger partial charge in [0.15, 0.2) is 0 Å². The van der Waals surface area contributed by atoms with Crippen LogP contribution in [0.2, 0.25) is 0 Å². The first-order valence-electron chi connectivity index (χ1n) is 5.95. The van der Waals surface area contributed by atoms with E-state index in [9.17, 15) is 0 Å². The lowest BCUT2D eigenvalue weighted by atomic mass is 10.0. The van der Waals surface area contributed by atoms with Crippen molar-refractivity contribution in [2.45, 2.75) is 32.6 Å². The average molecular weight is 326 g/mol. The van der Waals surface area contributed by atoms with Gasteiger partial charge in [0.25, 0.3) is 0 Å². The van der Waals surface area contributed by atoms with Crippen LogP contribution in [0.4, 0.5) is 0 Å². The van der Waals surface area contributed by atoms with Crippen LogP contribution in [0.3, 0.4) is 0 Å². The molecule has 0 radical (unpaired) electrons. The van der Waals surface area contributed by atoms with Gasteiger partial charge in [-0.2, -0.15) is 0 Å². The maximum atomic E-state index is 3.40. The standard InChI is InChI=1S/C15H19I/c1-2-3-4-6-11-15(13-16)12-14-9-7-5-8-10-14/h5,7-10,15H,2-4,12-13H2,1H3. The highest BCUT2D eigenvalue weighted by Gasteiger charge is 2.03. The maximum Gasteiger partial charge on any atom is 0.0332 e. The first kappa shape index (κ1) is 13.6. The van der Waals surface area contributed by atoms with E-state index in [1.165, 1.54) is 18.4 Å². The lowest BCUT2D eigenvalue weighted by molar-refractivity contribution is 0.768. The van der Waals surface area contributed by atoms with Crippen molar-refractivity contribution in [3.8, 4) is 11.8 Å². The number of hydrogen-bond acceptors (Lipinski definition) is 0. The molecule has 1 atom stereocenters. The van der Waals surface area contributed by atoms with Gasteiger partial charge in [-0.25, -0.2) is 0 Å². The summed E-state index contributed by atoms with van der Waals surface area (Å²) in [6.07, 6.45) is 4.61. The van der Waals surface area contributed by atoms with Gasteiger partial charge in [0.05, 0.1) is 0 Å². The largest absolute Gasteiger partial charge is 0.103 e. The van der Waals surface area contributed by atoms with Crippen LogP contribution in [0.1, 0.15) is 31.7 Å². The molecule has 0 N–H and O–H groups in total. The van der Waals surface area contributed by atoms with Crippen molar-refractivity contribution in [2.24, 2.45) is 5.92 Å². The fourth-order valence-corrected chi connectivity index (χ4v) is 2.06. The first-order chi connectivity index (χ1) is 7.86. The Morgan fingerprint density at radius 1 is 1.25 bits per heavy atom. The molecule has 0 saturated carbocycles. The van der Waals surface area contributed by atoms with Crippen LogP contribution >= 0.6 is 22.6 Å². The van der Waals surface area contributed by atoms with E-state index in [1.807, 2.05) is 0 Å². The number of alkyl halides is 1. The third-order valence-electron chi connectivity index (χ3n) is 2.47. The van der Waals surface area contributed by atoms with Crippen molar-refractivity contribution in [3.05, 3.63) is 35.9 Å². The molecule has 1 aromatic rings. The van der Waals surface area contributed by atoms with Crippen molar-refractivity contribution in [3.63, 3.8) is 0 Å². The molecular weight excluding hydrogens is 307 g/mol. The quantitative estimate of drug-likeness (QED) is 0.324. The van der Waals surface area contributed by atoms with E-state index in [0.717, 1.165) is 17.3 Å². The summed E-state index contributed by atoms with van der Waals surface area (Å²) in [7, 11) is 0. The SMILES string of the molecule is CCCCC#CC(CI)Cc1ccccc1. The van der Waals surface area contributed by atoms with Gasteiger partial charge in [0, 0.05) is 16.8 Å². The predicted octanol–water partition coefficient (Wildman–Crippen LogP) is 4.47. The summed E-state index contributed by atoms with van der Waals surface area (Å²) in [5.74, 6) is 7.21. The van der Waals surface area contributed by atoms with Crippen molar-refractivity contribution in [1.29, 1.82) is 0 Å². The van der Waals surface area contributed by atoms with Gasteiger partial charge in [0.2, 0.25) is 0 Å². The van der Waals surface area contributed by atoms with Crippen molar-refractivity contribution in [2.75, 3.05) is 4.43 Å². The highest BCUT2D eigenvalue weighted by atomic mass is 127. The molecule has 0 aliphatic carbocycles. The average Bonchev–Trinajstić information content (AvgIpc) is 2.34. The minimum absolute atomic E-state index is 0.514. The van der Waals surface area contributed by atoms with Gasteiger partial charge in [-0.1, -0.05) is 72.2 Å². The minimum Gasteiger partial charge on any atom is -0.103 e. The number of unbranched alkanes of at least 4 members (excludes halogenated alkanes) is 2. The topological polar surface area (TPSA) is 0 Å². The third kappa shape index (κ3) is 5.55. The summed E-state index contributed by atoms with van der Waals surface area (Å²) in [5, 5.41) is 0. The molecule has 0 bridgehead atoms. The molecular formula is C15H19I. The molecule has 0 spiro atoms. The van der Waals surface area contributed by atoms with E-state index < -0.39 is 0 Å². The molecule has 0 aromatic heterocycles. The van der Waals surface area contributed by atoms with Crippen LogP contribution in [0.5, 0.6) is 0 Å². The van der Waals surface area contributed by atoms with Crippen LogP contribution in [0.25, 0.3) is 0 Å². The monoisotopic (exact) mass is 326 g/mol. The zero-order valence-electron chi connectivity index (χ0n) is 9.88. The molecule has 1 heteroatoms. The van der Waals surface area contributed by atoms with Crippen molar-refractivity contribution >= 4 is 22.6 Å². The number of halogens is 1. The Bertz CT molecular complexity index is 331. The Morgan fingerprint density at radius 3 is 2.62 bits per heavy atom. The third-order valence-corrected chi connectivity index (χ3v) is 3.54. The zero-order chi connectivity index (χ0) is 11.6. The number of hydrogen-bond donors (Lipinski definition) is 0. The summed E-state index contributed by atoms with van der Waals surface area (Å²) in [4.78, 5) is 0. The Hall–Kier alpha value is -0.490. The van der Waals surface area contributed by atoms with E-state index in [4.69, 9.17) is 0 Å². The molecule has 0 aliphatic heterocycles. The maximum absolute atomic E-state index is 3.40. The van der Waals surface area contributed by atoms with Crippen LogP contribution in [0, 0.1) is 17.8 Å². The summed E-state index contributed by atoms with van der Waals surface area (Å²) in [5.41, 5.74) is 1.40. The second kappa shape index (κ2) is 8.64. The first-order valence-corrected chi connectivity index (χ1v) is 7.47. The van der Waals surface area contributed by atoms with E-state index in [0.29, 0.717) is 5.92 Å². The molecule has 0 nitrogen and oxygen atoms in total. The molecule has 1 aromatic carbocycles. The van der Waals surface area contributed by atoms with Gasteiger partial charge in [-0.05, 0) is 18.4 Å². The normalized spacial score (nSPS) is 11.6. The lowest BCUT2D eigenvalue weighted by Crippen LogP contribution is -2.03. The summed E-state index contributed by atoms with van der Waals surface area (Å²) in [6, 6.07) is 10.6. The molecule has 0 saturated heterocycles. The van der Waals surface area contributed by atoms with Crippen LogP contribution in [-0.4, -0.2) is 4.43 Å². The molecule has 0 heterocycles. The Kier molecular flexibility index (Phi) is 7.33. The van der Waals surface area contributed by atoms with E-state index in [-0.39, 0.29) is 0 Å². The molecule has 0 fully saturated rings. The highest BCUT2D eigenvalue weighted by Crippen LogP contribution is 2.10. The zero-order valence-corrected chi connectivity index (χ0v) is 12.0. The van der Waals surface area contributed by atoms with E-state index in [2.05, 4.69) is 71.7 Å². The number of benzene rings is 1. The van der Waals surface area contributed by atoms with E-state index >= 15 is 0 Å². The fraction of sp³-hybridized carbons (Fsp3) is 0.467. The summed E-state index contributed by atoms with van der Waals surface area (Å²) in [6.45, 7) is 2.21. The van der Waals surface area contributed by atoms with Gasteiger partial charge in [0.1, 0.15) is 0 Å². The summed E-state index contributed by atoms with van der Waals surface area (Å²) >= 11 is 2.43. The van der Waals surface area contributed by atoms with Gasteiger partial charge in [-0.3, -0.25) is 0 Å².